The molecule has 0 aliphatic carbocycles. The maximum atomic E-state index is 15.4. The van der Waals surface area contributed by atoms with Crippen LogP contribution in [0.1, 0.15) is 60.3 Å². The van der Waals surface area contributed by atoms with Crippen LogP contribution in [0.3, 0.4) is 0 Å². The van der Waals surface area contributed by atoms with Crippen LogP contribution in [0.25, 0.3) is 11.0 Å². The number of carbonyl (C=O) groups is 3. The summed E-state index contributed by atoms with van der Waals surface area (Å²) in [5, 5.41) is 8.39. The Labute approximate surface area is 247 Å². The third-order valence-electron chi connectivity index (χ3n) is 7.34. The number of rotatable bonds is 10. The van der Waals surface area contributed by atoms with E-state index in [9.17, 15) is 14.4 Å². The Balaban J connectivity index is 1.52. The van der Waals surface area contributed by atoms with E-state index in [1.807, 2.05) is 34.8 Å². The molecule has 0 atom stereocenters. The van der Waals surface area contributed by atoms with E-state index in [1.54, 1.807) is 6.07 Å². The van der Waals surface area contributed by atoms with Crippen molar-refractivity contribution in [3.8, 4) is 0 Å². The third kappa shape index (κ3) is 6.54. The predicted molar refractivity (Wildman–Crippen MR) is 156 cm³/mol. The SMILES string of the molecule is CCNC(=O)CN1CCC(NC(=O)c2cc3c(cc2F)[n+](CC)c(CNC(=O)c2nc(Cl)c(N)nc2N)n3CC)CC1. The van der Waals surface area contributed by atoms with E-state index in [-0.39, 0.29) is 46.5 Å². The van der Waals surface area contributed by atoms with E-state index in [1.165, 1.54) is 6.07 Å². The molecule has 3 aromatic rings. The second-order valence-electron chi connectivity index (χ2n) is 10.0. The highest BCUT2D eigenvalue weighted by molar-refractivity contribution is 6.31. The van der Waals surface area contributed by atoms with Crippen LogP contribution >= 0.6 is 11.6 Å². The minimum absolute atomic E-state index is 0.0232. The molecule has 4 rings (SSSR count). The van der Waals surface area contributed by atoms with Gasteiger partial charge in [-0.2, -0.15) is 0 Å². The third-order valence-corrected chi connectivity index (χ3v) is 7.62. The van der Waals surface area contributed by atoms with Crippen molar-refractivity contribution in [1.29, 1.82) is 0 Å². The first-order valence-electron chi connectivity index (χ1n) is 14.0. The minimum atomic E-state index is -0.640. The quantitative estimate of drug-likeness (QED) is 0.213. The molecule has 42 heavy (non-hydrogen) atoms. The zero-order chi connectivity index (χ0) is 30.6. The topological polar surface area (TPSA) is 177 Å². The highest BCUT2D eigenvalue weighted by Crippen LogP contribution is 2.22. The lowest BCUT2D eigenvalue weighted by atomic mass is 10.0. The average Bonchev–Trinajstić information content (AvgIpc) is 3.25. The number of likely N-dealkylation sites (tertiary alicyclic amines) is 1. The van der Waals surface area contributed by atoms with Gasteiger partial charge in [0.2, 0.25) is 5.91 Å². The summed E-state index contributed by atoms with van der Waals surface area (Å²) in [6.07, 6.45) is 1.32. The Morgan fingerprint density at radius 2 is 1.79 bits per heavy atom. The Morgan fingerprint density at radius 1 is 1.07 bits per heavy atom. The fourth-order valence-corrected chi connectivity index (χ4v) is 5.41. The highest BCUT2D eigenvalue weighted by atomic mass is 35.5. The smallest absolute Gasteiger partial charge is 0.277 e. The number of anilines is 2. The van der Waals surface area contributed by atoms with Gasteiger partial charge in [0.25, 0.3) is 17.6 Å². The number of fused-ring (bicyclic) bond motifs is 1. The van der Waals surface area contributed by atoms with Gasteiger partial charge in [-0.05, 0) is 33.6 Å². The number of piperidine rings is 1. The Kier molecular flexibility index (Phi) is 9.78. The lowest BCUT2D eigenvalue weighted by molar-refractivity contribution is -0.676. The summed E-state index contributed by atoms with van der Waals surface area (Å²) in [4.78, 5) is 47.7. The first-order valence-corrected chi connectivity index (χ1v) is 14.4. The first kappa shape index (κ1) is 30.9. The lowest BCUT2D eigenvalue weighted by Crippen LogP contribution is -2.47. The summed E-state index contributed by atoms with van der Waals surface area (Å²) in [5.41, 5.74) is 12.5. The normalized spacial score (nSPS) is 14.2. The fourth-order valence-electron chi connectivity index (χ4n) is 5.28. The molecule has 0 saturated carbocycles. The van der Waals surface area contributed by atoms with E-state index in [2.05, 4.69) is 25.9 Å². The molecule has 1 saturated heterocycles. The standard InChI is InChI=1S/C27H36ClFN10O3/c1-4-32-20(40)14-37-9-7-15(8-10-37)34-26(41)16-11-18-19(12-17(16)29)39(6-3)21(38(18)5-2)13-33-27(42)22-24(30)36-25(31)23(28)35-22/h11-12,15H,4-10,13-14H2,1-3H3,(H6-,30,31,32,33,34,36,40,41,42)/p+1. The number of hydrogen-bond acceptors (Lipinski definition) is 8. The number of aryl methyl sites for hydroxylation is 2. The van der Waals surface area contributed by atoms with Crippen LogP contribution in [0.15, 0.2) is 12.1 Å². The second-order valence-corrected chi connectivity index (χ2v) is 10.4. The van der Waals surface area contributed by atoms with E-state index >= 15 is 4.39 Å². The Morgan fingerprint density at radius 3 is 2.43 bits per heavy atom. The molecule has 15 heteroatoms. The van der Waals surface area contributed by atoms with Crippen LogP contribution in [0.2, 0.25) is 5.15 Å². The van der Waals surface area contributed by atoms with Crippen molar-refractivity contribution in [2.45, 2.75) is 59.3 Å². The second kappa shape index (κ2) is 13.3. The van der Waals surface area contributed by atoms with Gasteiger partial charge in [-0.25, -0.2) is 23.5 Å². The molecule has 0 spiro atoms. The Bertz CT molecular complexity index is 1500. The van der Waals surface area contributed by atoms with E-state index < -0.39 is 17.6 Å². The molecule has 0 radical (unpaired) electrons. The van der Waals surface area contributed by atoms with Crippen molar-refractivity contribution in [3.63, 3.8) is 0 Å². The van der Waals surface area contributed by atoms with Crippen LogP contribution in [-0.4, -0.2) is 69.4 Å². The van der Waals surface area contributed by atoms with Gasteiger partial charge in [-0.3, -0.25) is 19.3 Å². The maximum absolute atomic E-state index is 15.4. The zero-order valence-corrected chi connectivity index (χ0v) is 24.7. The monoisotopic (exact) mass is 603 g/mol. The predicted octanol–water partition coefficient (Wildman–Crippen LogP) is 0.976. The number of nitrogens with zero attached hydrogens (tertiary/aromatic N) is 5. The van der Waals surface area contributed by atoms with Crippen molar-refractivity contribution in [3.05, 3.63) is 40.2 Å². The van der Waals surface area contributed by atoms with Gasteiger partial charge in [0.05, 0.1) is 25.2 Å². The number of amides is 3. The van der Waals surface area contributed by atoms with Crippen LogP contribution in [0.4, 0.5) is 16.0 Å². The molecule has 1 aromatic carbocycles. The summed E-state index contributed by atoms with van der Waals surface area (Å²) in [7, 11) is 0. The number of aromatic nitrogens is 4. The number of imidazole rings is 1. The van der Waals surface area contributed by atoms with Crippen molar-refractivity contribution < 1.29 is 23.3 Å². The van der Waals surface area contributed by atoms with Gasteiger partial charge in [0.15, 0.2) is 33.5 Å². The molecular weight excluding hydrogens is 567 g/mol. The van der Waals surface area contributed by atoms with Crippen molar-refractivity contribution >= 4 is 52.0 Å². The van der Waals surface area contributed by atoms with Crippen molar-refractivity contribution in [2.24, 2.45) is 0 Å². The maximum Gasteiger partial charge on any atom is 0.277 e. The molecule has 226 valence electrons. The van der Waals surface area contributed by atoms with Gasteiger partial charge in [0, 0.05) is 37.8 Å². The highest BCUT2D eigenvalue weighted by Gasteiger charge is 2.29. The molecule has 1 aliphatic rings. The molecule has 3 heterocycles. The largest absolute Gasteiger partial charge is 0.382 e. The molecule has 7 N–H and O–H groups in total. The van der Waals surface area contributed by atoms with Gasteiger partial charge in [-0.1, -0.05) is 11.6 Å². The number of carbonyl (C=O) groups excluding carboxylic acids is 3. The molecule has 0 unspecified atom stereocenters. The minimum Gasteiger partial charge on any atom is -0.382 e. The number of likely N-dealkylation sites (N-methyl/N-ethyl adjacent to an activating group) is 1. The summed E-state index contributed by atoms with van der Waals surface area (Å²) >= 11 is 5.92. The number of nitrogen functional groups attached to an aromatic ring is 2. The van der Waals surface area contributed by atoms with Crippen LogP contribution < -0.4 is 32.0 Å². The van der Waals surface area contributed by atoms with Gasteiger partial charge in [-0.15, -0.1) is 0 Å². The van der Waals surface area contributed by atoms with Crippen LogP contribution in [0, 0.1) is 5.82 Å². The van der Waals surface area contributed by atoms with Gasteiger partial charge in [0.1, 0.15) is 12.4 Å². The van der Waals surface area contributed by atoms with E-state index in [4.69, 9.17) is 23.1 Å². The lowest BCUT2D eigenvalue weighted by Gasteiger charge is -2.31. The molecular formula is C27H37ClFN10O3+. The number of benzene rings is 1. The van der Waals surface area contributed by atoms with Gasteiger partial charge >= 0.3 is 0 Å². The number of nitrogens with one attached hydrogen (secondary N) is 3. The van der Waals surface area contributed by atoms with Crippen LogP contribution in [-0.2, 0) is 24.4 Å². The number of hydrogen-bond donors (Lipinski definition) is 5. The molecule has 2 aromatic heterocycles. The molecule has 13 nitrogen and oxygen atoms in total. The van der Waals surface area contributed by atoms with Crippen molar-refractivity contribution in [2.75, 3.05) is 37.6 Å². The average molecular weight is 604 g/mol. The number of nitrogens with two attached hydrogens (primary N) is 2. The Hall–Kier alpha value is -4.04. The molecule has 1 fully saturated rings. The first-order chi connectivity index (χ1) is 20.1. The summed E-state index contributed by atoms with van der Waals surface area (Å²) in [5.74, 6) is -1.30. The van der Waals surface area contributed by atoms with E-state index in [0.29, 0.717) is 69.0 Å². The molecule has 1 aliphatic heterocycles. The van der Waals surface area contributed by atoms with E-state index in [0.717, 1.165) is 0 Å². The summed E-state index contributed by atoms with van der Waals surface area (Å²) < 4.78 is 19.1. The fraction of sp³-hybridized carbons (Fsp3) is 0.481. The summed E-state index contributed by atoms with van der Waals surface area (Å²) in [6.45, 7) is 8.99. The summed E-state index contributed by atoms with van der Waals surface area (Å²) in [6, 6.07) is 2.78. The number of halogens is 2. The molecule has 3 amide bonds. The van der Waals surface area contributed by atoms with Crippen molar-refractivity contribution in [1.82, 2.24) is 35.4 Å². The van der Waals surface area contributed by atoms with Gasteiger partial charge < -0.3 is 27.4 Å². The zero-order valence-electron chi connectivity index (χ0n) is 24.0. The molecule has 0 bridgehead atoms. The van der Waals surface area contributed by atoms with Crippen LogP contribution in [0.5, 0.6) is 0 Å².